The molecule has 106 valence electrons. The molecule has 0 saturated heterocycles. The van der Waals surface area contributed by atoms with Crippen LogP contribution < -0.4 is 10.5 Å². The number of nitrogens with two attached hydrogens (primary N) is 1. The second kappa shape index (κ2) is 5.68. The Hall–Kier alpha value is -1.80. The molecule has 2 heteroatoms. The molecule has 0 fully saturated rings. The first-order chi connectivity index (χ1) is 9.45. The minimum atomic E-state index is -0.498. The average molecular weight is 269 g/mol. The van der Waals surface area contributed by atoms with Gasteiger partial charge in [0.25, 0.3) is 0 Å². The third-order valence-corrected chi connectivity index (χ3v) is 3.87. The molecule has 2 rings (SSSR count). The lowest BCUT2D eigenvalue weighted by Gasteiger charge is -2.26. The number of methoxy groups -OCH3 is 1. The molecule has 0 aromatic heterocycles. The Kier molecular flexibility index (Phi) is 4.15. The molecule has 0 bridgehead atoms. The average Bonchev–Trinajstić information content (AvgIpc) is 2.47. The van der Waals surface area contributed by atoms with Gasteiger partial charge in [-0.15, -0.1) is 0 Å². The summed E-state index contributed by atoms with van der Waals surface area (Å²) in [5, 5.41) is 0. The zero-order chi connectivity index (χ0) is 14.8. The Morgan fingerprint density at radius 2 is 1.35 bits per heavy atom. The molecule has 0 spiro atoms. The largest absolute Gasteiger partial charge is 0.497 e. The maximum atomic E-state index is 6.54. The van der Waals surface area contributed by atoms with E-state index in [0.717, 1.165) is 16.9 Å². The highest BCUT2D eigenvalue weighted by Crippen LogP contribution is 2.29. The lowest BCUT2D eigenvalue weighted by molar-refractivity contribution is 0.414. The van der Waals surface area contributed by atoms with Gasteiger partial charge in [-0.2, -0.15) is 0 Å². The van der Waals surface area contributed by atoms with E-state index in [1.54, 1.807) is 7.11 Å². The molecule has 2 aromatic carbocycles. The van der Waals surface area contributed by atoms with E-state index in [1.165, 1.54) is 5.56 Å². The summed E-state index contributed by atoms with van der Waals surface area (Å²) >= 11 is 0. The minimum Gasteiger partial charge on any atom is -0.497 e. The summed E-state index contributed by atoms with van der Waals surface area (Å²) in [6.07, 6.45) is 0. The Bertz CT molecular complexity index is 553. The van der Waals surface area contributed by atoms with Gasteiger partial charge in [0, 0.05) is 0 Å². The highest BCUT2D eigenvalue weighted by Gasteiger charge is 2.23. The van der Waals surface area contributed by atoms with Gasteiger partial charge in [-0.25, -0.2) is 0 Å². The van der Waals surface area contributed by atoms with Crippen LogP contribution in [0.1, 0.15) is 43.4 Å². The summed E-state index contributed by atoms with van der Waals surface area (Å²) in [6.45, 7) is 6.43. The lowest BCUT2D eigenvalue weighted by atomic mass is 9.85. The van der Waals surface area contributed by atoms with Gasteiger partial charge in [-0.3, -0.25) is 0 Å². The van der Waals surface area contributed by atoms with Gasteiger partial charge in [0.2, 0.25) is 0 Å². The number of hydrogen-bond donors (Lipinski definition) is 1. The maximum Gasteiger partial charge on any atom is 0.118 e. The van der Waals surface area contributed by atoms with Crippen molar-refractivity contribution in [3.05, 3.63) is 65.2 Å². The van der Waals surface area contributed by atoms with Crippen molar-refractivity contribution < 1.29 is 4.74 Å². The fraction of sp³-hybridized carbons (Fsp3) is 0.333. The van der Waals surface area contributed by atoms with Crippen LogP contribution in [0.3, 0.4) is 0 Å². The summed E-state index contributed by atoms with van der Waals surface area (Å²) in [5.74, 6) is 1.38. The lowest BCUT2D eigenvalue weighted by Crippen LogP contribution is -2.34. The molecular formula is C18H23NO. The molecule has 0 heterocycles. The van der Waals surface area contributed by atoms with Gasteiger partial charge in [-0.1, -0.05) is 50.2 Å². The normalized spacial score (nSPS) is 14.1. The zero-order valence-corrected chi connectivity index (χ0v) is 12.7. The van der Waals surface area contributed by atoms with Crippen molar-refractivity contribution in [1.29, 1.82) is 0 Å². The highest BCUT2D eigenvalue weighted by molar-refractivity contribution is 5.40. The van der Waals surface area contributed by atoms with E-state index < -0.39 is 5.54 Å². The molecule has 20 heavy (non-hydrogen) atoms. The van der Waals surface area contributed by atoms with Crippen LogP contribution in [0, 0.1) is 0 Å². The molecule has 0 radical (unpaired) electrons. The van der Waals surface area contributed by atoms with Crippen LogP contribution in [0.4, 0.5) is 0 Å². The molecule has 0 saturated carbocycles. The number of rotatable bonds is 4. The van der Waals surface area contributed by atoms with E-state index in [9.17, 15) is 0 Å². The number of ether oxygens (including phenoxy) is 1. The molecule has 2 aromatic rings. The van der Waals surface area contributed by atoms with Crippen LogP contribution >= 0.6 is 0 Å². The first kappa shape index (κ1) is 14.6. The molecule has 0 aliphatic rings. The van der Waals surface area contributed by atoms with Gasteiger partial charge in [0.15, 0.2) is 0 Å². The van der Waals surface area contributed by atoms with Crippen LogP contribution in [0.15, 0.2) is 48.5 Å². The van der Waals surface area contributed by atoms with Crippen LogP contribution in [0.25, 0.3) is 0 Å². The first-order valence-electron chi connectivity index (χ1n) is 6.99. The van der Waals surface area contributed by atoms with Crippen LogP contribution in [0.2, 0.25) is 0 Å². The second-order valence-electron chi connectivity index (χ2n) is 5.71. The predicted molar refractivity (Wildman–Crippen MR) is 84.2 cm³/mol. The van der Waals surface area contributed by atoms with E-state index in [4.69, 9.17) is 10.5 Å². The van der Waals surface area contributed by atoms with Gasteiger partial charge >= 0.3 is 0 Å². The van der Waals surface area contributed by atoms with Gasteiger partial charge in [-0.05, 0) is 41.7 Å². The quantitative estimate of drug-likeness (QED) is 0.909. The first-order valence-corrected chi connectivity index (χ1v) is 6.99. The molecule has 0 aliphatic heterocycles. The van der Waals surface area contributed by atoms with Crippen molar-refractivity contribution in [3.63, 3.8) is 0 Å². The van der Waals surface area contributed by atoms with Crippen molar-refractivity contribution >= 4 is 0 Å². The molecule has 2 nitrogen and oxygen atoms in total. The predicted octanol–water partition coefficient (Wildman–Crippen LogP) is 4.04. The smallest absolute Gasteiger partial charge is 0.118 e. The van der Waals surface area contributed by atoms with Gasteiger partial charge in [0.05, 0.1) is 12.6 Å². The SMILES string of the molecule is COc1ccc(C(C)(N)c2ccc(C(C)C)cc2)cc1. The zero-order valence-electron chi connectivity index (χ0n) is 12.7. The maximum absolute atomic E-state index is 6.54. The number of benzene rings is 2. The van der Waals surface area contributed by atoms with Crippen molar-refractivity contribution in [2.75, 3.05) is 7.11 Å². The summed E-state index contributed by atoms with van der Waals surface area (Å²) in [5.41, 5.74) is 9.57. The van der Waals surface area contributed by atoms with Crippen molar-refractivity contribution in [2.24, 2.45) is 5.73 Å². The Balaban J connectivity index is 2.32. The summed E-state index contributed by atoms with van der Waals surface area (Å²) in [7, 11) is 1.67. The van der Waals surface area contributed by atoms with Gasteiger partial charge in [0.1, 0.15) is 5.75 Å². The summed E-state index contributed by atoms with van der Waals surface area (Å²) in [6, 6.07) is 16.5. The Morgan fingerprint density at radius 3 is 1.75 bits per heavy atom. The van der Waals surface area contributed by atoms with E-state index in [-0.39, 0.29) is 0 Å². The van der Waals surface area contributed by atoms with Gasteiger partial charge < -0.3 is 10.5 Å². The highest BCUT2D eigenvalue weighted by atomic mass is 16.5. The standard InChI is InChI=1S/C18H23NO/c1-13(2)14-5-7-15(8-6-14)18(3,19)16-9-11-17(20-4)12-10-16/h5-13H,19H2,1-4H3. The molecule has 0 aliphatic carbocycles. The van der Waals surface area contributed by atoms with Crippen molar-refractivity contribution in [1.82, 2.24) is 0 Å². The molecular weight excluding hydrogens is 246 g/mol. The van der Waals surface area contributed by atoms with E-state index in [2.05, 4.69) is 38.1 Å². The van der Waals surface area contributed by atoms with E-state index in [0.29, 0.717) is 5.92 Å². The Labute approximate surface area is 121 Å². The molecule has 0 amide bonds. The molecule has 2 N–H and O–H groups in total. The monoisotopic (exact) mass is 269 g/mol. The van der Waals surface area contributed by atoms with Crippen LogP contribution in [-0.4, -0.2) is 7.11 Å². The van der Waals surface area contributed by atoms with Crippen LogP contribution in [-0.2, 0) is 5.54 Å². The van der Waals surface area contributed by atoms with Crippen molar-refractivity contribution in [2.45, 2.75) is 32.2 Å². The summed E-state index contributed by atoms with van der Waals surface area (Å²) in [4.78, 5) is 0. The second-order valence-corrected chi connectivity index (χ2v) is 5.71. The Morgan fingerprint density at radius 1 is 0.900 bits per heavy atom. The van der Waals surface area contributed by atoms with Crippen molar-refractivity contribution in [3.8, 4) is 5.75 Å². The third-order valence-electron chi connectivity index (χ3n) is 3.87. The van der Waals surface area contributed by atoms with E-state index >= 15 is 0 Å². The minimum absolute atomic E-state index is 0.498. The molecule has 1 unspecified atom stereocenters. The topological polar surface area (TPSA) is 35.2 Å². The van der Waals surface area contributed by atoms with E-state index in [1.807, 2.05) is 31.2 Å². The number of hydrogen-bond acceptors (Lipinski definition) is 2. The third kappa shape index (κ3) is 2.86. The molecule has 1 atom stereocenters. The van der Waals surface area contributed by atoms with Crippen LogP contribution in [0.5, 0.6) is 5.75 Å². The fourth-order valence-corrected chi connectivity index (χ4v) is 2.32. The fourth-order valence-electron chi connectivity index (χ4n) is 2.32. The summed E-state index contributed by atoms with van der Waals surface area (Å²) < 4.78 is 5.19.